The zero-order valence-corrected chi connectivity index (χ0v) is 11.8. The topological polar surface area (TPSA) is 64.4 Å². The molecule has 0 bridgehead atoms. The van der Waals surface area contributed by atoms with Gasteiger partial charge in [-0.15, -0.1) is 0 Å². The summed E-state index contributed by atoms with van der Waals surface area (Å²) in [6.45, 7) is 1.86. The first kappa shape index (κ1) is 14.1. The van der Waals surface area contributed by atoms with E-state index in [0.29, 0.717) is 22.2 Å². The molecule has 0 saturated heterocycles. The van der Waals surface area contributed by atoms with Gasteiger partial charge in [0, 0.05) is 29.9 Å². The molecule has 0 unspecified atom stereocenters. The molecule has 0 heterocycles. The van der Waals surface area contributed by atoms with Crippen LogP contribution in [0.25, 0.3) is 0 Å². The van der Waals surface area contributed by atoms with Crippen LogP contribution < -0.4 is 10.1 Å². The SMILES string of the molecule is CNc1cc(Oc2ccc(Cl)c(C)c2)cc([N+](=O)[O-])c1. The van der Waals surface area contributed by atoms with E-state index < -0.39 is 4.92 Å². The van der Waals surface area contributed by atoms with Crippen molar-refractivity contribution in [1.29, 1.82) is 0 Å². The van der Waals surface area contributed by atoms with E-state index in [-0.39, 0.29) is 5.69 Å². The maximum atomic E-state index is 10.9. The third kappa shape index (κ3) is 3.19. The van der Waals surface area contributed by atoms with Crippen molar-refractivity contribution in [3.05, 3.63) is 57.1 Å². The fourth-order valence-electron chi connectivity index (χ4n) is 1.71. The average Bonchev–Trinajstić information content (AvgIpc) is 2.42. The average molecular weight is 293 g/mol. The molecular formula is C14H13ClN2O3. The van der Waals surface area contributed by atoms with Crippen molar-refractivity contribution in [3.63, 3.8) is 0 Å². The van der Waals surface area contributed by atoms with Gasteiger partial charge in [0.2, 0.25) is 0 Å². The number of hydrogen-bond donors (Lipinski definition) is 1. The first-order valence-corrected chi connectivity index (χ1v) is 6.28. The van der Waals surface area contributed by atoms with Crippen LogP contribution in [0, 0.1) is 17.0 Å². The number of nitro benzene ring substituents is 1. The summed E-state index contributed by atoms with van der Waals surface area (Å²) in [6.07, 6.45) is 0. The Kier molecular flexibility index (Phi) is 4.10. The van der Waals surface area contributed by atoms with Crippen molar-refractivity contribution < 1.29 is 9.66 Å². The third-order valence-corrected chi connectivity index (χ3v) is 3.18. The molecule has 5 nitrogen and oxygen atoms in total. The zero-order chi connectivity index (χ0) is 14.7. The highest BCUT2D eigenvalue weighted by Crippen LogP contribution is 2.31. The van der Waals surface area contributed by atoms with Crippen LogP contribution in [0.4, 0.5) is 11.4 Å². The molecule has 0 aliphatic carbocycles. The van der Waals surface area contributed by atoms with E-state index in [4.69, 9.17) is 16.3 Å². The summed E-state index contributed by atoms with van der Waals surface area (Å²) in [7, 11) is 1.69. The molecule has 0 aromatic heterocycles. The molecule has 0 atom stereocenters. The number of benzene rings is 2. The van der Waals surface area contributed by atoms with Gasteiger partial charge in [-0.1, -0.05) is 11.6 Å². The van der Waals surface area contributed by atoms with Gasteiger partial charge < -0.3 is 10.1 Å². The molecule has 2 rings (SSSR count). The Morgan fingerprint density at radius 2 is 1.95 bits per heavy atom. The van der Waals surface area contributed by atoms with Crippen molar-refractivity contribution in [3.8, 4) is 11.5 Å². The van der Waals surface area contributed by atoms with Gasteiger partial charge in [-0.25, -0.2) is 0 Å². The minimum atomic E-state index is -0.458. The lowest BCUT2D eigenvalue weighted by molar-refractivity contribution is -0.384. The van der Waals surface area contributed by atoms with Crippen LogP contribution in [0.5, 0.6) is 11.5 Å². The Hall–Kier alpha value is -2.27. The third-order valence-electron chi connectivity index (χ3n) is 2.76. The molecule has 0 aliphatic rings. The minimum absolute atomic E-state index is 0.0301. The second-order valence-corrected chi connectivity index (χ2v) is 4.64. The van der Waals surface area contributed by atoms with Gasteiger partial charge in [0.15, 0.2) is 0 Å². The van der Waals surface area contributed by atoms with Gasteiger partial charge in [0.25, 0.3) is 5.69 Å². The van der Waals surface area contributed by atoms with E-state index >= 15 is 0 Å². The number of rotatable bonds is 4. The summed E-state index contributed by atoms with van der Waals surface area (Å²) in [5.74, 6) is 0.972. The van der Waals surface area contributed by atoms with Crippen molar-refractivity contribution in [2.24, 2.45) is 0 Å². The number of anilines is 1. The normalized spacial score (nSPS) is 10.2. The lowest BCUT2D eigenvalue weighted by atomic mass is 10.2. The van der Waals surface area contributed by atoms with Gasteiger partial charge in [0.1, 0.15) is 11.5 Å². The van der Waals surface area contributed by atoms with Crippen molar-refractivity contribution in [2.45, 2.75) is 6.92 Å². The summed E-state index contributed by atoms with van der Waals surface area (Å²) in [5, 5.41) is 14.4. The monoisotopic (exact) mass is 292 g/mol. The highest BCUT2D eigenvalue weighted by atomic mass is 35.5. The summed E-state index contributed by atoms with van der Waals surface area (Å²) >= 11 is 5.94. The zero-order valence-electron chi connectivity index (χ0n) is 11.0. The second-order valence-electron chi connectivity index (χ2n) is 4.24. The predicted octanol–water partition coefficient (Wildman–Crippen LogP) is 4.39. The number of hydrogen-bond acceptors (Lipinski definition) is 4. The number of nitrogens with one attached hydrogen (secondary N) is 1. The van der Waals surface area contributed by atoms with Gasteiger partial charge in [0.05, 0.1) is 11.0 Å². The van der Waals surface area contributed by atoms with Gasteiger partial charge in [-0.3, -0.25) is 10.1 Å². The Morgan fingerprint density at radius 3 is 2.55 bits per heavy atom. The summed E-state index contributed by atoms with van der Waals surface area (Å²) in [4.78, 5) is 10.4. The number of nitrogens with zero attached hydrogens (tertiary/aromatic N) is 1. The molecule has 0 amide bonds. The fraction of sp³-hybridized carbons (Fsp3) is 0.143. The number of aryl methyl sites for hydroxylation is 1. The fourth-order valence-corrected chi connectivity index (χ4v) is 1.83. The molecule has 0 aliphatic heterocycles. The maximum Gasteiger partial charge on any atom is 0.275 e. The number of halogens is 1. The molecule has 0 saturated carbocycles. The molecule has 104 valence electrons. The first-order chi connectivity index (χ1) is 9.49. The van der Waals surface area contributed by atoms with Crippen LogP contribution >= 0.6 is 11.6 Å². The minimum Gasteiger partial charge on any atom is -0.457 e. The molecule has 0 radical (unpaired) electrons. The van der Waals surface area contributed by atoms with E-state index in [1.807, 2.05) is 6.92 Å². The van der Waals surface area contributed by atoms with E-state index in [0.717, 1.165) is 5.56 Å². The van der Waals surface area contributed by atoms with Crippen molar-refractivity contribution in [1.82, 2.24) is 0 Å². The largest absolute Gasteiger partial charge is 0.457 e. The Labute approximate surface area is 121 Å². The quantitative estimate of drug-likeness (QED) is 0.670. The highest BCUT2D eigenvalue weighted by molar-refractivity contribution is 6.31. The molecule has 0 spiro atoms. The number of non-ortho nitro benzene ring substituents is 1. The smallest absolute Gasteiger partial charge is 0.275 e. The lowest BCUT2D eigenvalue weighted by Gasteiger charge is -2.09. The van der Waals surface area contributed by atoms with E-state index in [1.54, 1.807) is 31.3 Å². The van der Waals surface area contributed by atoms with Crippen LogP contribution in [0.1, 0.15) is 5.56 Å². The highest BCUT2D eigenvalue weighted by Gasteiger charge is 2.11. The molecule has 6 heteroatoms. The lowest BCUT2D eigenvalue weighted by Crippen LogP contribution is -1.94. The first-order valence-electron chi connectivity index (χ1n) is 5.91. The predicted molar refractivity (Wildman–Crippen MR) is 78.9 cm³/mol. The van der Waals surface area contributed by atoms with Crippen LogP contribution in [-0.2, 0) is 0 Å². The van der Waals surface area contributed by atoms with Crippen molar-refractivity contribution >= 4 is 23.0 Å². The maximum absolute atomic E-state index is 10.9. The number of ether oxygens (including phenoxy) is 1. The van der Waals surface area contributed by atoms with E-state index in [2.05, 4.69) is 5.32 Å². The van der Waals surface area contributed by atoms with Crippen molar-refractivity contribution in [2.75, 3.05) is 12.4 Å². The Bertz CT molecular complexity index is 659. The van der Waals surface area contributed by atoms with Gasteiger partial charge in [-0.05, 0) is 30.7 Å². The standard InChI is InChI=1S/C14H13ClN2O3/c1-9-5-12(3-4-14(9)15)20-13-7-10(16-2)6-11(8-13)17(18)19/h3-8,16H,1-2H3. The summed E-state index contributed by atoms with van der Waals surface area (Å²) in [6, 6.07) is 9.73. The molecular weight excluding hydrogens is 280 g/mol. The van der Waals surface area contributed by atoms with E-state index in [9.17, 15) is 10.1 Å². The van der Waals surface area contributed by atoms with Crippen LogP contribution in [0.2, 0.25) is 5.02 Å². The Morgan fingerprint density at radius 1 is 1.20 bits per heavy atom. The van der Waals surface area contributed by atoms with Gasteiger partial charge in [-0.2, -0.15) is 0 Å². The molecule has 1 N–H and O–H groups in total. The second kappa shape index (κ2) is 5.79. The Balaban J connectivity index is 2.34. The van der Waals surface area contributed by atoms with Crippen LogP contribution in [0.3, 0.4) is 0 Å². The molecule has 20 heavy (non-hydrogen) atoms. The molecule has 2 aromatic carbocycles. The van der Waals surface area contributed by atoms with Crippen LogP contribution in [-0.4, -0.2) is 12.0 Å². The number of nitro groups is 1. The van der Waals surface area contributed by atoms with E-state index in [1.165, 1.54) is 12.1 Å². The summed E-state index contributed by atoms with van der Waals surface area (Å²) in [5.41, 5.74) is 1.46. The molecule has 2 aromatic rings. The van der Waals surface area contributed by atoms with Crippen LogP contribution in [0.15, 0.2) is 36.4 Å². The molecule has 0 fully saturated rings. The summed E-state index contributed by atoms with van der Waals surface area (Å²) < 4.78 is 5.64. The van der Waals surface area contributed by atoms with Gasteiger partial charge >= 0.3 is 0 Å².